The maximum Gasteiger partial charge on any atom is 0.239 e. The number of aryl methyl sites for hydroxylation is 2. The third kappa shape index (κ3) is 8.58. The van der Waals surface area contributed by atoms with Crippen molar-refractivity contribution in [2.75, 3.05) is 47.0 Å². The van der Waals surface area contributed by atoms with Gasteiger partial charge < -0.3 is 34.1 Å². The second kappa shape index (κ2) is 15.2. The standard InChI is InChI=1S/C33H43N5O6/c1-23-34-18-26(35-23)19-37-14-12-29-28(20-37)36-32(39)21-38(13-5-15-41-2)33(40)11-9-24-8-10-30(31(17-24)42-3)44-27-7-4-6-25(16-27)22-43-29/h4,6-8,10,16-18,28-29H,5,9,11-15,19-22H2,1-3H3,(H,34,35)(H,36,39)/t28-,29+/m0/s1. The number of carbonyl (C=O) groups is 2. The molecule has 6 rings (SSSR count). The van der Waals surface area contributed by atoms with E-state index < -0.39 is 0 Å². The first-order chi connectivity index (χ1) is 21.4. The number of hydrogen-bond donors (Lipinski definition) is 2. The number of ether oxygens (including phenoxy) is 4. The Morgan fingerprint density at radius 1 is 1.09 bits per heavy atom. The molecule has 4 bridgehead atoms. The SMILES string of the molecule is COCCCN1CC(=O)N[C@H]2CN(Cc3cnc(C)[nH]3)CC[C@H]2OCc2cccc(c2)Oc2ccc(cc2OC)CCC1=O. The van der Waals surface area contributed by atoms with Crippen LogP contribution in [0.3, 0.4) is 0 Å². The maximum absolute atomic E-state index is 13.5. The molecule has 2 N–H and O–H groups in total. The molecule has 1 aromatic heterocycles. The van der Waals surface area contributed by atoms with Crippen LogP contribution in [0.4, 0.5) is 0 Å². The zero-order valence-electron chi connectivity index (χ0n) is 25.8. The Morgan fingerprint density at radius 2 is 1.98 bits per heavy atom. The van der Waals surface area contributed by atoms with Crippen molar-refractivity contribution in [3.63, 3.8) is 0 Å². The number of imidazole rings is 1. The second-order valence-corrected chi connectivity index (χ2v) is 11.4. The number of methoxy groups -OCH3 is 2. The Hall–Kier alpha value is -3.93. The van der Waals surface area contributed by atoms with Crippen molar-refractivity contribution in [2.45, 2.75) is 57.9 Å². The van der Waals surface area contributed by atoms with E-state index in [9.17, 15) is 9.59 Å². The van der Waals surface area contributed by atoms with Crippen LogP contribution < -0.4 is 14.8 Å². The number of hydrogen-bond acceptors (Lipinski definition) is 8. The van der Waals surface area contributed by atoms with Crippen LogP contribution in [0, 0.1) is 6.92 Å². The molecule has 11 heteroatoms. The smallest absolute Gasteiger partial charge is 0.239 e. The van der Waals surface area contributed by atoms with Crippen molar-refractivity contribution in [1.82, 2.24) is 25.1 Å². The van der Waals surface area contributed by atoms with Crippen molar-refractivity contribution in [1.29, 1.82) is 0 Å². The summed E-state index contributed by atoms with van der Waals surface area (Å²) in [5.74, 6) is 2.44. The molecule has 0 radical (unpaired) electrons. The third-order valence-electron chi connectivity index (χ3n) is 8.04. The number of aromatic amines is 1. The summed E-state index contributed by atoms with van der Waals surface area (Å²) in [5.41, 5.74) is 2.94. The number of fused-ring (bicyclic) bond motifs is 9. The Balaban J connectivity index is 1.39. The summed E-state index contributed by atoms with van der Waals surface area (Å²) in [5, 5.41) is 3.21. The molecule has 44 heavy (non-hydrogen) atoms. The van der Waals surface area contributed by atoms with Crippen LogP contribution in [0.25, 0.3) is 0 Å². The number of amides is 2. The molecular formula is C33H43N5O6. The number of piperidine rings is 1. The van der Waals surface area contributed by atoms with E-state index in [-0.39, 0.29) is 36.9 Å². The van der Waals surface area contributed by atoms with E-state index in [4.69, 9.17) is 18.9 Å². The van der Waals surface area contributed by atoms with Gasteiger partial charge in [-0.3, -0.25) is 14.5 Å². The third-order valence-corrected chi connectivity index (χ3v) is 8.04. The van der Waals surface area contributed by atoms with Gasteiger partial charge in [-0.2, -0.15) is 0 Å². The minimum Gasteiger partial charge on any atom is -0.493 e. The first-order valence-electron chi connectivity index (χ1n) is 15.2. The fraction of sp³-hybridized carbons (Fsp3) is 0.485. The molecule has 1 saturated heterocycles. The fourth-order valence-electron chi connectivity index (χ4n) is 5.78. The lowest BCUT2D eigenvalue weighted by Crippen LogP contribution is -2.57. The maximum atomic E-state index is 13.5. The van der Waals surface area contributed by atoms with Gasteiger partial charge in [0.1, 0.15) is 11.6 Å². The zero-order chi connectivity index (χ0) is 30.9. The number of carbonyl (C=O) groups excluding carboxylic acids is 2. The Morgan fingerprint density at radius 3 is 2.77 bits per heavy atom. The topological polar surface area (TPSA) is 118 Å². The van der Waals surface area contributed by atoms with Crippen LogP contribution in [0.2, 0.25) is 0 Å². The summed E-state index contributed by atoms with van der Waals surface area (Å²) in [6, 6.07) is 13.2. The van der Waals surface area contributed by atoms with Crippen LogP contribution in [0.1, 0.15) is 41.9 Å². The molecule has 0 aliphatic carbocycles. The predicted molar refractivity (Wildman–Crippen MR) is 165 cm³/mol. The zero-order valence-corrected chi connectivity index (χ0v) is 25.8. The van der Waals surface area contributed by atoms with Gasteiger partial charge in [0, 0.05) is 58.2 Å². The van der Waals surface area contributed by atoms with E-state index in [1.54, 1.807) is 19.1 Å². The van der Waals surface area contributed by atoms with Crippen LogP contribution in [-0.4, -0.2) is 90.7 Å². The van der Waals surface area contributed by atoms with Gasteiger partial charge in [0.2, 0.25) is 11.8 Å². The Kier molecular flexibility index (Phi) is 10.9. The number of nitrogens with zero attached hydrogens (tertiary/aromatic N) is 3. The monoisotopic (exact) mass is 605 g/mol. The number of likely N-dealkylation sites (tertiary alicyclic amines) is 1. The number of nitrogens with one attached hydrogen (secondary N) is 2. The molecule has 0 unspecified atom stereocenters. The lowest BCUT2D eigenvalue weighted by Gasteiger charge is -2.39. The van der Waals surface area contributed by atoms with Crippen molar-refractivity contribution >= 4 is 11.8 Å². The quantitative estimate of drug-likeness (QED) is 0.393. The Bertz CT molecular complexity index is 1410. The number of benzene rings is 2. The molecule has 2 amide bonds. The van der Waals surface area contributed by atoms with E-state index >= 15 is 0 Å². The molecule has 2 atom stereocenters. The van der Waals surface area contributed by atoms with Crippen molar-refractivity contribution in [2.24, 2.45) is 0 Å². The molecule has 11 nitrogen and oxygen atoms in total. The van der Waals surface area contributed by atoms with E-state index in [1.165, 1.54) is 0 Å². The summed E-state index contributed by atoms with van der Waals surface area (Å²) in [6.07, 6.45) is 3.81. The van der Waals surface area contributed by atoms with E-state index in [1.807, 2.05) is 55.6 Å². The lowest BCUT2D eigenvalue weighted by molar-refractivity contribution is -0.137. The first kappa shape index (κ1) is 31.5. The summed E-state index contributed by atoms with van der Waals surface area (Å²) >= 11 is 0. The van der Waals surface area contributed by atoms with Crippen molar-refractivity contribution in [3.8, 4) is 17.2 Å². The van der Waals surface area contributed by atoms with Crippen molar-refractivity contribution in [3.05, 3.63) is 71.3 Å². The number of aromatic nitrogens is 2. The molecule has 2 aromatic carbocycles. The number of H-pyrrole nitrogens is 1. The minimum atomic E-state index is -0.252. The van der Waals surface area contributed by atoms with E-state index in [2.05, 4.69) is 20.2 Å². The highest BCUT2D eigenvalue weighted by Crippen LogP contribution is 2.33. The molecule has 3 aliphatic rings. The average Bonchev–Trinajstić information content (AvgIpc) is 3.43. The molecule has 0 saturated carbocycles. The van der Waals surface area contributed by atoms with Gasteiger partial charge in [-0.05, 0) is 61.6 Å². The normalized spacial score (nSPS) is 20.2. The Labute approximate surface area is 258 Å². The largest absolute Gasteiger partial charge is 0.493 e. The van der Waals surface area contributed by atoms with Gasteiger partial charge in [-0.15, -0.1) is 0 Å². The molecule has 0 spiro atoms. The predicted octanol–water partition coefficient (Wildman–Crippen LogP) is 3.61. The summed E-state index contributed by atoms with van der Waals surface area (Å²) in [7, 11) is 3.23. The highest BCUT2D eigenvalue weighted by atomic mass is 16.5. The van der Waals surface area contributed by atoms with Crippen LogP contribution in [-0.2, 0) is 38.6 Å². The molecule has 3 aromatic rings. The highest BCUT2D eigenvalue weighted by molar-refractivity contribution is 5.85. The molecule has 4 heterocycles. The number of rotatable bonds is 7. The summed E-state index contributed by atoms with van der Waals surface area (Å²) in [6.45, 7) is 5.34. The molecule has 3 aliphatic heterocycles. The molecular weight excluding hydrogens is 562 g/mol. The van der Waals surface area contributed by atoms with Gasteiger partial charge in [0.25, 0.3) is 0 Å². The fourth-order valence-corrected chi connectivity index (χ4v) is 5.78. The van der Waals surface area contributed by atoms with Gasteiger partial charge in [0.05, 0.1) is 32.4 Å². The minimum absolute atomic E-state index is 0.0242. The molecule has 236 valence electrons. The van der Waals surface area contributed by atoms with Gasteiger partial charge in [-0.25, -0.2) is 4.98 Å². The highest BCUT2D eigenvalue weighted by Gasteiger charge is 2.32. The summed E-state index contributed by atoms with van der Waals surface area (Å²) in [4.78, 5) is 38.4. The summed E-state index contributed by atoms with van der Waals surface area (Å²) < 4.78 is 23.5. The molecule has 1 fully saturated rings. The first-order valence-corrected chi connectivity index (χ1v) is 15.2. The van der Waals surface area contributed by atoms with Crippen LogP contribution >= 0.6 is 0 Å². The second-order valence-electron chi connectivity index (χ2n) is 11.4. The van der Waals surface area contributed by atoms with Gasteiger partial charge in [-0.1, -0.05) is 18.2 Å². The lowest BCUT2D eigenvalue weighted by atomic mass is 10.0. The van der Waals surface area contributed by atoms with Gasteiger partial charge in [0.15, 0.2) is 11.5 Å². The van der Waals surface area contributed by atoms with Crippen LogP contribution in [0.15, 0.2) is 48.7 Å². The van der Waals surface area contributed by atoms with E-state index in [0.717, 1.165) is 35.6 Å². The van der Waals surface area contributed by atoms with Gasteiger partial charge >= 0.3 is 0 Å². The van der Waals surface area contributed by atoms with Crippen molar-refractivity contribution < 1.29 is 28.5 Å². The average molecular weight is 606 g/mol. The van der Waals surface area contributed by atoms with E-state index in [0.29, 0.717) is 62.9 Å². The van der Waals surface area contributed by atoms with Crippen LogP contribution in [0.5, 0.6) is 17.2 Å².